The lowest BCUT2D eigenvalue weighted by Gasteiger charge is -2.34. The molecule has 3 aromatic rings. The number of nitrogens with zero attached hydrogens (tertiary/aromatic N) is 4. The number of ether oxygens (including phenoxy) is 1. The predicted molar refractivity (Wildman–Crippen MR) is 124 cm³/mol. The molecule has 1 amide bonds. The maximum atomic E-state index is 13.4. The Labute approximate surface area is 183 Å². The molecule has 0 spiro atoms. The van der Waals surface area contributed by atoms with E-state index >= 15 is 0 Å². The molecular weight excluding hydrogens is 388 g/mol. The number of pyridine rings is 1. The van der Waals surface area contributed by atoms with Gasteiger partial charge >= 0.3 is 0 Å². The van der Waals surface area contributed by atoms with Gasteiger partial charge in [-0.05, 0) is 31.0 Å². The first-order valence-corrected chi connectivity index (χ1v) is 11.1. The number of piperazine rings is 1. The maximum absolute atomic E-state index is 13.4. The van der Waals surface area contributed by atoms with Gasteiger partial charge in [0.1, 0.15) is 5.69 Å². The van der Waals surface area contributed by atoms with Crippen LogP contribution in [0.2, 0.25) is 0 Å². The molecule has 0 atom stereocenters. The molecule has 1 fully saturated rings. The minimum atomic E-state index is 0.0532. The highest BCUT2D eigenvalue weighted by molar-refractivity contribution is 5.95. The van der Waals surface area contributed by atoms with E-state index in [9.17, 15) is 4.79 Å². The van der Waals surface area contributed by atoms with E-state index in [1.165, 1.54) is 5.56 Å². The summed E-state index contributed by atoms with van der Waals surface area (Å²) < 4.78 is 7.61. The third-order valence-electron chi connectivity index (χ3n) is 5.66. The number of carbonyl (C=O) groups excluding carboxylic acids is 1. The van der Waals surface area contributed by atoms with E-state index in [0.29, 0.717) is 30.1 Å². The Morgan fingerprint density at radius 2 is 1.84 bits per heavy atom. The first-order chi connectivity index (χ1) is 15.2. The van der Waals surface area contributed by atoms with E-state index < -0.39 is 0 Å². The lowest BCUT2D eigenvalue weighted by Crippen LogP contribution is -2.49. The highest BCUT2D eigenvalue weighted by Gasteiger charge is 2.27. The van der Waals surface area contributed by atoms with Gasteiger partial charge in [-0.1, -0.05) is 49.4 Å². The van der Waals surface area contributed by atoms with Crippen LogP contribution in [0.3, 0.4) is 0 Å². The first-order valence-electron chi connectivity index (χ1n) is 11.1. The Balaban J connectivity index is 1.43. The Morgan fingerprint density at radius 3 is 2.55 bits per heavy atom. The summed E-state index contributed by atoms with van der Waals surface area (Å²) in [5.41, 5.74) is 3.42. The molecule has 0 aliphatic carbocycles. The van der Waals surface area contributed by atoms with Gasteiger partial charge in [-0.25, -0.2) is 4.98 Å². The molecule has 0 bridgehead atoms. The highest BCUT2D eigenvalue weighted by atomic mass is 16.5. The molecular formula is C25H30N4O2. The molecule has 0 unspecified atom stereocenters. The van der Waals surface area contributed by atoms with Gasteiger partial charge in [0.05, 0.1) is 12.3 Å². The van der Waals surface area contributed by atoms with Crippen LogP contribution in [0.1, 0.15) is 35.6 Å². The van der Waals surface area contributed by atoms with Crippen molar-refractivity contribution >= 4 is 17.6 Å². The smallest absolute Gasteiger partial charge is 0.272 e. The zero-order chi connectivity index (χ0) is 21.6. The minimum absolute atomic E-state index is 0.0532. The van der Waals surface area contributed by atoms with Gasteiger partial charge in [-0.15, -0.1) is 0 Å². The van der Waals surface area contributed by atoms with Gasteiger partial charge in [-0.3, -0.25) is 14.1 Å². The van der Waals surface area contributed by atoms with Gasteiger partial charge in [0.2, 0.25) is 0 Å². The van der Waals surface area contributed by atoms with Crippen LogP contribution in [-0.4, -0.2) is 64.4 Å². The second kappa shape index (κ2) is 9.79. The summed E-state index contributed by atoms with van der Waals surface area (Å²) in [5.74, 6) is 0.770. The van der Waals surface area contributed by atoms with Gasteiger partial charge in [0.25, 0.3) is 5.91 Å². The van der Waals surface area contributed by atoms with Crippen molar-refractivity contribution in [1.82, 2.24) is 19.2 Å². The first kappa shape index (κ1) is 21.1. The van der Waals surface area contributed by atoms with Gasteiger partial charge in [-0.2, -0.15) is 0 Å². The highest BCUT2D eigenvalue weighted by Crippen LogP contribution is 2.24. The van der Waals surface area contributed by atoms with Crippen molar-refractivity contribution in [2.75, 3.05) is 39.3 Å². The monoisotopic (exact) mass is 418 g/mol. The molecule has 2 aromatic heterocycles. The van der Waals surface area contributed by atoms with Crippen LogP contribution in [0, 0.1) is 0 Å². The number of hydrogen-bond acceptors (Lipinski definition) is 4. The van der Waals surface area contributed by atoms with E-state index in [1.807, 2.05) is 59.7 Å². The molecule has 0 N–H and O–H groups in total. The largest absolute Gasteiger partial charge is 0.490 e. The zero-order valence-corrected chi connectivity index (χ0v) is 18.3. The van der Waals surface area contributed by atoms with Crippen molar-refractivity contribution in [3.8, 4) is 5.75 Å². The average Bonchev–Trinajstić information content (AvgIpc) is 3.20. The Kier molecular flexibility index (Phi) is 6.67. The number of aryl methyl sites for hydroxylation is 1. The molecule has 0 saturated carbocycles. The van der Waals surface area contributed by atoms with Crippen LogP contribution < -0.4 is 4.74 Å². The zero-order valence-electron chi connectivity index (χ0n) is 18.3. The van der Waals surface area contributed by atoms with E-state index in [4.69, 9.17) is 9.72 Å². The van der Waals surface area contributed by atoms with Gasteiger partial charge in [0.15, 0.2) is 11.4 Å². The third-order valence-corrected chi connectivity index (χ3v) is 5.66. The summed E-state index contributed by atoms with van der Waals surface area (Å²) >= 11 is 0. The second-order valence-electron chi connectivity index (χ2n) is 7.67. The predicted octanol–water partition coefficient (Wildman–Crippen LogP) is 3.77. The number of carbonyl (C=O) groups is 1. The molecule has 3 heterocycles. The van der Waals surface area contributed by atoms with E-state index in [1.54, 1.807) is 0 Å². The summed E-state index contributed by atoms with van der Waals surface area (Å²) in [6, 6.07) is 14.1. The lowest BCUT2D eigenvalue weighted by atomic mass is 10.2. The Hall–Kier alpha value is -3.12. The summed E-state index contributed by atoms with van der Waals surface area (Å²) in [5, 5.41) is 0. The lowest BCUT2D eigenvalue weighted by molar-refractivity contribution is 0.0642. The fourth-order valence-electron chi connectivity index (χ4n) is 4.02. The fourth-order valence-corrected chi connectivity index (χ4v) is 4.02. The number of amides is 1. The van der Waals surface area contributed by atoms with Crippen molar-refractivity contribution in [2.45, 2.75) is 20.3 Å². The molecule has 6 heteroatoms. The summed E-state index contributed by atoms with van der Waals surface area (Å²) in [6.07, 6.45) is 6.96. The number of rotatable bonds is 7. The molecule has 1 aromatic carbocycles. The summed E-state index contributed by atoms with van der Waals surface area (Å²) in [4.78, 5) is 22.5. The van der Waals surface area contributed by atoms with Crippen molar-refractivity contribution in [2.24, 2.45) is 0 Å². The Bertz CT molecular complexity index is 1050. The minimum Gasteiger partial charge on any atom is -0.490 e. The Morgan fingerprint density at radius 1 is 1.06 bits per heavy atom. The number of fused-ring (bicyclic) bond motifs is 1. The molecule has 6 nitrogen and oxygen atoms in total. The topological polar surface area (TPSA) is 50.1 Å². The molecule has 0 radical (unpaired) electrons. The van der Waals surface area contributed by atoms with E-state index in [-0.39, 0.29) is 5.91 Å². The maximum Gasteiger partial charge on any atom is 0.272 e. The normalized spacial score (nSPS) is 15.1. The molecule has 162 valence electrons. The van der Waals surface area contributed by atoms with Crippen molar-refractivity contribution in [3.05, 3.63) is 71.7 Å². The van der Waals surface area contributed by atoms with Crippen molar-refractivity contribution in [1.29, 1.82) is 0 Å². The van der Waals surface area contributed by atoms with Crippen LogP contribution in [-0.2, 0) is 6.42 Å². The average molecular weight is 419 g/mol. The standard InChI is InChI=1S/C25H30N4O2/c1-3-21-23(29-15-9-13-22(31-4-2)24(29)26-21)25(30)28-18-16-27(17-19-28)14-8-12-20-10-6-5-7-11-20/h5-13,15H,3-4,14,16-19H2,1-2H3/b12-8+. The number of hydrogen-bond donors (Lipinski definition) is 0. The second-order valence-corrected chi connectivity index (χ2v) is 7.67. The summed E-state index contributed by atoms with van der Waals surface area (Å²) in [7, 11) is 0. The molecule has 1 aliphatic rings. The van der Waals surface area contributed by atoms with Crippen LogP contribution in [0.15, 0.2) is 54.7 Å². The number of imidazole rings is 1. The molecule has 1 saturated heterocycles. The quantitative estimate of drug-likeness (QED) is 0.586. The van der Waals surface area contributed by atoms with Crippen LogP contribution in [0.25, 0.3) is 11.7 Å². The van der Waals surface area contributed by atoms with Gasteiger partial charge in [0, 0.05) is 38.9 Å². The van der Waals surface area contributed by atoms with Crippen molar-refractivity contribution in [3.63, 3.8) is 0 Å². The number of benzene rings is 1. The van der Waals surface area contributed by atoms with Crippen LogP contribution in [0.4, 0.5) is 0 Å². The molecule has 4 rings (SSSR count). The molecule has 31 heavy (non-hydrogen) atoms. The van der Waals surface area contributed by atoms with E-state index in [2.05, 4.69) is 29.2 Å². The van der Waals surface area contributed by atoms with Gasteiger partial charge < -0.3 is 9.64 Å². The SMILES string of the molecule is CCOc1cccn2c(C(=O)N3CCN(C/C=C/c4ccccc4)CC3)c(CC)nc12. The van der Waals surface area contributed by atoms with Crippen molar-refractivity contribution < 1.29 is 9.53 Å². The van der Waals surface area contributed by atoms with E-state index in [0.717, 1.165) is 38.4 Å². The molecule has 1 aliphatic heterocycles. The summed E-state index contributed by atoms with van der Waals surface area (Å²) in [6.45, 7) is 8.63. The van der Waals surface area contributed by atoms with Crippen LogP contribution >= 0.6 is 0 Å². The van der Waals surface area contributed by atoms with Crippen LogP contribution in [0.5, 0.6) is 5.75 Å². The third kappa shape index (κ3) is 4.64. The fraction of sp³-hybridized carbons (Fsp3) is 0.360. The number of aromatic nitrogens is 2.